The summed E-state index contributed by atoms with van der Waals surface area (Å²) in [5.74, 6) is -0.593. The summed E-state index contributed by atoms with van der Waals surface area (Å²) in [7, 11) is 0. The van der Waals surface area contributed by atoms with Crippen LogP contribution in [0.5, 0.6) is 0 Å². The summed E-state index contributed by atoms with van der Waals surface area (Å²) in [6.07, 6.45) is 3.23. The van der Waals surface area contributed by atoms with Crippen molar-refractivity contribution >= 4 is 12.0 Å². The summed E-state index contributed by atoms with van der Waals surface area (Å²) >= 11 is 0. The van der Waals surface area contributed by atoms with Crippen LogP contribution in [-0.4, -0.2) is 15.7 Å². The van der Waals surface area contributed by atoms with Gasteiger partial charge < -0.3 is 5.32 Å². The number of amides is 1. The van der Waals surface area contributed by atoms with E-state index in [9.17, 15) is 9.18 Å². The van der Waals surface area contributed by atoms with Gasteiger partial charge in [-0.1, -0.05) is 48.0 Å². The van der Waals surface area contributed by atoms with E-state index in [4.69, 9.17) is 0 Å². The minimum absolute atomic E-state index is 0.153. The number of aryl methyl sites for hydroxylation is 2. The molecule has 1 aromatic heterocycles. The number of hydrogen-bond donors (Lipinski definition) is 1. The third-order valence-electron chi connectivity index (χ3n) is 4.70. The van der Waals surface area contributed by atoms with Gasteiger partial charge in [0.1, 0.15) is 5.82 Å². The Morgan fingerprint density at radius 1 is 1.11 bits per heavy atom. The Hall–Kier alpha value is -3.21. The van der Waals surface area contributed by atoms with Crippen LogP contribution >= 0.6 is 0 Å². The topological polar surface area (TPSA) is 46.9 Å². The minimum Gasteiger partial charge on any atom is -0.348 e. The van der Waals surface area contributed by atoms with E-state index in [1.54, 1.807) is 24.3 Å². The number of benzene rings is 2. The Morgan fingerprint density at radius 3 is 2.54 bits per heavy atom. The summed E-state index contributed by atoms with van der Waals surface area (Å²) in [6, 6.07) is 14.8. The molecule has 1 heterocycles. The number of nitrogens with zero attached hydrogens (tertiary/aromatic N) is 2. The normalized spacial score (nSPS) is 11.1. The molecule has 144 valence electrons. The van der Waals surface area contributed by atoms with E-state index in [0.29, 0.717) is 12.1 Å². The number of halogens is 1. The first-order valence-electron chi connectivity index (χ1n) is 9.23. The van der Waals surface area contributed by atoms with Crippen LogP contribution < -0.4 is 5.32 Å². The molecule has 2 aromatic carbocycles. The zero-order valence-corrected chi connectivity index (χ0v) is 16.4. The molecule has 0 aliphatic rings. The highest BCUT2D eigenvalue weighted by Gasteiger charge is 2.10. The molecule has 0 radical (unpaired) electrons. The van der Waals surface area contributed by atoms with E-state index >= 15 is 0 Å². The van der Waals surface area contributed by atoms with E-state index in [1.165, 1.54) is 23.3 Å². The van der Waals surface area contributed by atoms with Crippen LogP contribution in [0.15, 0.2) is 54.6 Å². The lowest BCUT2D eigenvalue weighted by atomic mass is 10.1. The highest BCUT2D eigenvalue weighted by atomic mass is 19.1. The molecule has 0 spiro atoms. The van der Waals surface area contributed by atoms with E-state index in [1.807, 2.05) is 18.5 Å². The Morgan fingerprint density at radius 2 is 1.82 bits per heavy atom. The molecular formula is C23H24FN3O. The molecule has 1 amide bonds. The van der Waals surface area contributed by atoms with Crippen molar-refractivity contribution in [1.29, 1.82) is 0 Å². The Bertz CT molecular complexity index is 1000. The number of carbonyl (C=O) groups excluding carboxylic acids is 1. The maximum absolute atomic E-state index is 13.6. The van der Waals surface area contributed by atoms with Gasteiger partial charge in [-0.15, -0.1) is 0 Å². The van der Waals surface area contributed by atoms with E-state index in [2.05, 4.69) is 41.6 Å². The molecule has 3 rings (SSSR count). The lowest BCUT2D eigenvalue weighted by molar-refractivity contribution is -0.116. The van der Waals surface area contributed by atoms with E-state index < -0.39 is 0 Å². The van der Waals surface area contributed by atoms with Crippen molar-refractivity contribution < 1.29 is 9.18 Å². The third-order valence-corrected chi connectivity index (χ3v) is 4.70. The Labute approximate surface area is 164 Å². The maximum atomic E-state index is 13.6. The van der Waals surface area contributed by atoms with Gasteiger partial charge in [-0.25, -0.2) is 4.39 Å². The SMILES string of the molecule is Cc1ccc(Cn2nc(C)c(/C=C/C(=O)NCc3ccccc3F)c2C)cc1. The van der Waals surface area contributed by atoms with Gasteiger partial charge in [0.05, 0.1) is 12.2 Å². The highest BCUT2D eigenvalue weighted by molar-refractivity contribution is 5.91. The van der Waals surface area contributed by atoms with Gasteiger partial charge in [0.25, 0.3) is 0 Å². The summed E-state index contributed by atoms with van der Waals surface area (Å²) in [5, 5.41) is 7.30. The summed E-state index contributed by atoms with van der Waals surface area (Å²) in [4.78, 5) is 12.1. The highest BCUT2D eigenvalue weighted by Crippen LogP contribution is 2.17. The standard InChI is InChI=1S/C23H24FN3O/c1-16-8-10-19(11-9-16)15-27-18(3)21(17(2)26-27)12-13-23(28)25-14-20-6-4-5-7-22(20)24/h4-13H,14-15H2,1-3H3,(H,25,28)/b13-12+. The molecular weight excluding hydrogens is 353 g/mol. The van der Waals surface area contributed by atoms with Crippen LogP contribution in [0, 0.1) is 26.6 Å². The molecule has 1 N–H and O–H groups in total. The molecule has 28 heavy (non-hydrogen) atoms. The molecule has 0 atom stereocenters. The molecule has 3 aromatic rings. The summed E-state index contributed by atoms with van der Waals surface area (Å²) < 4.78 is 15.6. The fourth-order valence-corrected chi connectivity index (χ4v) is 3.01. The first-order chi connectivity index (χ1) is 13.4. The largest absolute Gasteiger partial charge is 0.348 e. The fourth-order valence-electron chi connectivity index (χ4n) is 3.01. The summed E-state index contributed by atoms with van der Waals surface area (Å²) in [5.41, 5.74) is 5.64. The van der Waals surface area contributed by atoms with Crippen molar-refractivity contribution in [3.63, 3.8) is 0 Å². The second-order valence-electron chi connectivity index (χ2n) is 6.87. The van der Waals surface area contributed by atoms with E-state index in [0.717, 1.165) is 17.0 Å². The van der Waals surface area contributed by atoms with Crippen molar-refractivity contribution in [3.8, 4) is 0 Å². The number of carbonyl (C=O) groups is 1. The van der Waals surface area contributed by atoms with Gasteiger partial charge in [0.15, 0.2) is 0 Å². The van der Waals surface area contributed by atoms with Crippen LogP contribution in [0.3, 0.4) is 0 Å². The van der Waals surface area contributed by atoms with Crippen molar-refractivity contribution in [2.24, 2.45) is 0 Å². The van der Waals surface area contributed by atoms with Crippen LogP contribution in [0.4, 0.5) is 4.39 Å². The zero-order valence-electron chi connectivity index (χ0n) is 16.4. The third kappa shape index (κ3) is 4.74. The molecule has 0 aliphatic heterocycles. The Kier molecular flexibility index (Phi) is 6.04. The van der Waals surface area contributed by atoms with Gasteiger partial charge in [-0.2, -0.15) is 5.10 Å². The monoisotopic (exact) mass is 377 g/mol. The Balaban J connectivity index is 1.66. The molecule has 0 aliphatic carbocycles. The van der Waals surface area contributed by atoms with Gasteiger partial charge in [-0.3, -0.25) is 9.48 Å². The molecule has 4 nitrogen and oxygen atoms in total. The predicted molar refractivity (Wildman–Crippen MR) is 109 cm³/mol. The molecule has 0 saturated heterocycles. The second-order valence-corrected chi connectivity index (χ2v) is 6.87. The number of nitrogens with one attached hydrogen (secondary N) is 1. The number of hydrogen-bond acceptors (Lipinski definition) is 2. The second kappa shape index (κ2) is 8.65. The average Bonchev–Trinajstić information content (AvgIpc) is 2.94. The number of rotatable bonds is 6. The first kappa shape index (κ1) is 19.5. The van der Waals surface area contributed by atoms with Crippen LogP contribution in [-0.2, 0) is 17.9 Å². The predicted octanol–water partition coefficient (Wildman–Crippen LogP) is 4.33. The van der Waals surface area contributed by atoms with Crippen LogP contribution in [0.1, 0.15) is 33.6 Å². The van der Waals surface area contributed by atoms with Crippen molar-refractivity contribution in [2.75, 3.05) is 0 Å². The first-order valence-corrected chi connectivity index (χ1v) is 9.23. The van der Waals surface area contributed by atoms with Crippen LogP contribution in [0.25, 0.3) is 6.08 Å². The fraction of sp³-hybridized carbons (Fsp3) is 0.217. The van der Waals surface area contributed by atoms with Crippen molar-refractivity contribution in [3.05, 3.63) is 94.1 Å². The minimum atomic E-state index is -0.323. The molecule has 5 heteroatoms. The quantitative estimate of drug-likeness (QED) is 0.650. The lowest BCUT2D eigenvalue weighted by Gasteiger charge is -2.05. The van der Waals surface area contributed by atoms with Crippen LogP contribution in [0.2, 0.25) is 0 Å². The maximum Gasteiger partial charge on any atom is 0.244 e. The molecule has 0 bridgehead atoms. The summed E-state index contributed by atoms with van der Waals surface area (Å²) in [6.45, 7) is 6.81. The van der Waals surface area contributed by atoms with Gasteiger partial charge in [0.2, 0.25) is 5.91 Å². The van der Waals surface area contributed by atoms with Crippen molar-refractivity contribution in [1.82, 2.24) is 15.1 Å². The van der Waals surface area contributed by atoms with Crippen molar-refractivity contribution in [2.45, 2.75) is 33.9 Å². The molecule has 0 saturated carbocycles. The van der Waals surface area contributed by atoms with Gasteiger partial charge in [-0.05, 0) is 38.5 Å². The smallest absolute Gasteiger partial charge is 0.244 e. The van der Waals surface area contributed by atoms with Gasteiger partial charge >= 0.3 is 0 Å². The zero-order chi connectivity index (χ0) is 20.1. The number of aromatic nitrogens is 2. The lowest BCUT2D eigenvalue weighted by Crippen LogP contribution is -2.20. The average molecular weight is 377 g/mol. The van der Waals surface area contributed by atoms with Gasteiger partial charge in [0, 0.05) is 29.4 Å². The van der Waals surface area contributed by atoms with E-state index in [-0.39, 0.29) is 18.3 Å². The molecule has 0 unspecified atom stereocenters. The molecule has 0 fully saturated rings.